The minimum atomic E-state index is 0.352. The second kappa shape index (κ2) is 8.35. The van der Waals surface area contributed by atoms with Gasteiger partial charge in [-0.15, -0.1) is 0 Å². The van der Waals surface area contributed by atoms with Crippen molar-refractivity contribution in [1.29, 1.82) is 0 Å². The quantitative estimate of drug-likeness (QED) is 0.753. The first-order valence-electron chi connectivity index (χ1n) is 8.80. The molecule has 2 fully saturated rings. The third-order valence-corrected chi connectivity index (χ3v) is 5.70. The molecule has 1 saturated heterocycles. The molecule has 0 aromatic heterocycles. The first-order chi connectivity index (χ1) is 9.78. The Morgan fingerprint density at radius 1 is 1.25 bits per heavy atom. The standard InChI is InChI=1S/C17H34N2O/c1-3-14-8-9-17(18-2)15(12-14)13-19-10-4-6-16(19)7-5-11-20/h14-18,20H,3-13H2,1-2H3. The van der Waals surface area contributed by atoms with Gasteiger partial charge in [-0.1, -0.05) is 13.3 Å². The van der Waals surface area contributed by atoms with Gasteiger partial charge in [-0.2, -0.15) is 0 Å². The van der Waals surface area contributed by atoms with Gasteiger partial charge in [0.15, 0.2) is 0 Å². The molecule has 1 aliphatic heterocycles. The second-order valence-electron chi connectivity index (χ2n) is 6.90. The summed E-state index contributed by atoms with van der Waals surface area (Å²) in [4.78, 5) is 2.72. The van der Waals surface area contributed by atoms with Gasteiger partial charge in [-0.3, -0.25) is 0 Å². The van der Waals surface area contributed by atoms with Gasteiger partial charge in [0.2, 0.25) is 0 Å². The van der Waals surface area contributed by atoms with Crippen LogP contribution in [-0.2, 0) is 0 Å². The average Bonchev–Trinajstić information content (AvgIpc) is 2.92. The molecule has 0 spiro atoms. The molecule has 4 unspecified atom stereocenters. The molecule has 20 heavy (non-hydrogen) atoms. The van der Waals surface area contributed by atoms with Gasteiger partial charge in [-0.05, 0) is 70.4 Å². The van der Waals surface area contributed by atoms with E-state index in [2.05, 4.69) is 24.2 Å². The number of nitrogens with one attached hydrogen (secondary N) is 1. The van der Waals surface area contributed by atoms with E-state index in [0.717, 1.165) is 30.3 Å². The average molecular weight is 282 g/mol. The molecular formula is C17H34N2O. The van der Waals surface area contributed by atoms with E-state index >= 15 is 0 Å². The van der Waals surface area contributed by atoms with Crippen molar-refractivity contribution < 1.29 is 5.11 Å². The summed E-state index contributed by atoms with van der Waals surface area (Å²) < 4.78 is 0. The molecule has 2 aliphatic rings. The molecule has 3 heteroatoms. The summed E-state index contributed by atoms with van der Waals surface area (Å²) in [6.07, 6.45) is 10.4. The van der Waals surface area contributed by atoms with Crippen molar-refractivity contribution in [2.45, 2.75) is 70.4 Å². The smallest absolute Gasteiger partial charge is 0.0431 e. The van der Waals surface area contributed by atoms with Crippen molar-refractivity contribution in [3.05, 3.63) is 0 Å². The highest BCUT2D eigenvalue weighted by atomic mass is 16.2. The zero-order valence-corrected chi connectivity index (χ0v) is 13.5. The van der Waals surface area contributed by atoms with E-state index in [1.54, 1.807) is 0 Å². The minimum absolute atomic E-state index is 0.352. The summed E-state index contributed by atoms with van der Waals surface area (Å²) in [5, 5.41) is 12.6. The lowest BCUT2D eigenvalue weighted by Crippen LogP contribution is -2.45. The SMILES string of the molecule is CCC1CCC(NC)C(CN2CCCC2CCCO)C1. The molecule has 4 atom stereocenters. The predicted molar refractivity (Wildman–Crippen MR) is 84.9 cm³/mol. The zero-order valence-electron chi connectivity index (χ0n) is 13.5. The number of rotatable bonds is 7. The van der Waals surface area contributed by atoms with Gasteiger partial charge in [-0.25, -0.2) is 0 Å². The molecule has 0 aromatic carbocycles. The first kappa shape index (κ1) is 16.3. The topological polar surface area (TPSA) is 35.5 Å². The highest BCUT2D eigenvalue weighted by molar-refractivity contribution is 4.88. The minimum Gasteiger partial charge on any atom is -0.396 e. The summed E-state index contributed by atoms with van der Waals surface area (Å²) in [6.45, 7) is 5.25. The van der Waals surface area contributed by atoms with Gasteiger partial charge in [0, 0.05) is 25.2 Å². The summed E-state index contributed by atoms with van der Waals surface area (Å²) >= 11 is 0. The molecule has 3 nitrogen and oxygen atoms in total. The van der Waals surface area contributed by atoms with Crippen LogP contribution in [0.25, 0.3) is 0 Å². The Balaban J connectivity index is 1.88. The van der Waals surface area contributed by atoms with Crippen LogP contribution in [0.15, 0.2) is 0 Å². The number of nitrogens with zero attached hydrogens (tertiary/aromatic N) is 1. The van der Waals surface area contributed by atoms with Crippen LogP contribution in [0.3, 0.4) is 0 Å². The molecule has 0 amide bonds. The molecule has 1 aliphatic carbocycles. The van der Waals surface area contributed by atoms with Gasteiger partial charge >= 0.3 is 0 Å². The van der Waals surface area contributed by atoms with E-state index in [9.17, 15) is 0 Å². The van der Waals surface area contributed by atoms with E-state index in [4.69, 9.17) is 5.11 Å². The summed E-state index contributed by atoms with van der Waals surface area (Å²) in [5.74, 6) is 1.77. The summed E-state index contributed by atoms with van der Waals surface area (Å²) in [7, 11) is 2.14. The predicted octanol–water partition coefficient (Wildman–Crippen LogP) is 2.64. The van der Waals surface area contributed by atoms with Crippen molar-refractivity contribution in [1.82, 2.24) is 10.2 Å². The molecule has 2 N–H and O–H groups in total. The zero-order chi connectivity index (χ0) is 14.4. The van der Waals surface area contributed by atoms with Crippen molar-refractivity contribution in [3.63, 3.8) is 0 Å². The number of aliphatic hydroxyl groups is 1. The Hall–Kier alpha value is -0.120. The normalized spacial score (nSPS) is 35.5. The van der Waals surface area contributed by atoms with Gasteiger partial charge in [0.25, 0.3) is 0 Å². The molecule has 0 bridgehead atoms. The number of hydrogen-bond donors (Lipinski definition) is 2. The monoisotopic (exact) mass is 282 g/mol. The van der Waals surface area contributed by atoms with Crippen LogP contribution >= 0.6 is 0 Å². The Morgan fingerprint density at radius 2 is 2.10 bits per heavy atom. The van der Waals surface area contributed by atoms with Gasteiger partial charge in [0.05, 0.1) is 0 Å². The fraction of sp³-hybridized carbons (Fsp3) is 1.00. The van der Waals surface area contributed by atoms with Crippen LogP contribution in [0.5, 0.6) is 0 Å². The van der Waals surface area contributed by atoms with Gasteiger partial charge in [0.1, 0.15) is 0 Å². The molecule has 2 rings (SSSR count). The molecular weight excluding hydrogens is 248 g/mol. The lowest BCUT2D eigenvalue weighted by Gasteiger charge is -2.39. The highest BCUT2D eigenvalue weighted by Gasteiger charge is 2.33. The lowest BCUT2D eigenvalue weighted by atomic mass is 9.76. The summed E-state index contributed by atoms with van der Waals surface area (Å²) in [5.41, 5.74) is 0. The maximum absolute atomic E-state index is 9.05. The Morgan fingerprint density at radius 3 is 2.80 bits per heavy atom. The third kappa shape index (κ3) is 4.19. The number of aliphatic hydroxyl groups excluding tert-OH is 1. The Bertz CT molecular complexity index is 272. The molecule has 1 heterocycles. The van der Waals surface area contributed by atoms with Gasteiger partial charge < -0.3 is 15.3 Å². The maximum atomic E-state index is 9.05. The third-order valence-electron chi connectivity index (χ3n) is 5.70. The van der Waals surface area contributed by atoms with Crippen LogP contribution in [0.4, 0.5) is 0 Å². The first-order valence-corrected chi connectivity index (χ1v) is 8.80. The molecule has 0 aromatic rings. The molecule has 0 radical (unpaired) electrons. The number of hydrogen-bond acceptors (Lipinski definition) is 3. The van der Waals surface area contributed by atoms with Crippen LogP contribution in [0.2, 0.25) is 0 Å². The Labute approximate surface area is 125 Å². The second-order valence-corrected chi connectivity index (χ2v) is 6.90. The van der Waals surface area contributed by atoms with Crippen LogP contribution in [0.1, 0.15) is 58.3 Å². The van der Waals surface area contributed by atoms with E-state index < -0.39 is 0 Å². The Kier molecular flexibility index (Phi) is 6.79. The van der Waals surface area contributed by atoms with Crippen molar-refractivity contribution >= 4 is 0 Å². The van der Waals surface area contributed by atoms with Crippen LogP contribution in [0, 0.1) is 11.8 Å². The fourth-order valence-electron chi connectivity index (χ4n) is 4.40. The molecule has 1 saturated carbocycles. The lowest BCUT2D eigenvalue weighted by molar-refractivity contribution is 0.127. The van der Waals surface area contributed by atoms with Crippen molar-refractivity contribution in [2.24, 2.45) is 11.8 Å². The number of likely N-dealkylation sites (tertiary alicyclic amines) is 1. The van der Waals surface area contributed by atoms with Crippen molar-refractivity contribution in [2.75, 3.05) is 26.7 Å². The van der Waals surface area contributed by atoms with Crippen molar-refractivity contribution in [3.8, 4) is 0 Å². The summed E-state index contributed by atoms with van der Waals surface area (Å²) in [6, 6.07) is 1.46. The van der Waals surface area contributed by atoms with E-state index in [-0.39, 0.29) is 0 Å². The van der Waals surface area contributed by atoms with E-state index in [1.165, 1.54) is 58.0 Å². The largest absolute Gasteiger partial charge is 0.396 e. The molecule has 118 valence electrons. The van der Waals surface area contributed by atoms with E-state index in [0.29, 0.717) is 6.61 Å². The fourth-order valence-corrected chi connectivity index (χ4v) is 4.40. The maximum Gasteiger partial charge on any atom is 0.0431 e. The van der Waals surface area contributed by atoms with Crippen LogP contribution < -0.4 is 5.32 Å². The highest BCUT2D eigenvalue weighted by Crippen LogP contribution is 2.33. The van der Waals surface area contributed by atoms with Crippen LogP contribution in [-0.4, -0.2) is 48.8 Å². The van der Waals surface area contributed by atoms with E-state index in [1.807, 2.05) is 0 Å².